The smallest absolute Gasteiger partial charge is 0.230 e. The van der Waals surface area contributed by atoms with Crippen molar-refractivity contribution in [3.8, 4) is 0 Å². The summed E-state index contributed by atoms with van der Waals surface area (Å²) < 4.78 is 5.06. The molecular weight excluding hydrogens is 266 g/mol. The number of pyridine rings is 1. The Balaban J connectivity index is 1.77. The van der Waals surface area contributed by atoms with E-state index in [-0.39, 0.29) is 12.3 Å². The van der Waals surface area contributed by atoms with Crippen LogP contribution in [0.15, 0.2) is 40.9 Å². The normalized spacial score (nSPS) is 10.8. The number of nitrogens with one attached hydrogen (secondary N) is 1. The summed E-state index contributed by atoms with van der Waals surface area (Å²) in [6, 6.07) is 11.5. The van der Waals surface area contributed by atoms with E-state index in [1.807, 2.05) is 37.3 Å². The van der Waals surface area contributed by atoms with Crippen molar-refractivity contribution in [2.24, 2.45) is 0 Å². The van der Waals surface area contributed by atoms with Gasteiger partial charge >= 0.3 is 0 Å². The number of fused-ring (bicyclic) bond motifs is 1. The van der Waals surface area contributed by atoms with Crippen molar-refractivity contribution in [2.75, 3.05) is 5.32 Å². The predicted molar refractivity (Wildman–Crippen MR) is 80.1 cm³/mol. The van der Waals surface area contributed by atoms with E-state index in [1.54, 1.807) is 13.0 Å². The molecule has 3 aromatic rings. The van der Waals surface area contributed by atoms with Crippen LogP contribution in [0.4, 0.5) is 5.82 Å². The average molecular weight is 281 g/mol. The van der Waals surface area contributed by atoms with Crippen molar-refractivity contribution in [3.05, 3.63) is 53.4 Å². The van der Waals surface area contributed by atoms with E-state index in [9.17, 15) is 4.79 Å². The maximum atomic E-state index is 12.1. The highest BCUT2D eigenvalue weighted by Crippen LogP contribution is 2.16. The van der Waals surface area contributed by atoms with Gasteiger partial charge in [-0.1, -0.05) is 23.4 Å². The fraction of sp³-hybridized carbons (Fsp3) is 0.188. The number of aryl methyl sites for hydroxylation is 2. The molecule has 5 heteroatoms. The van der Waals surface area contributed by atoms with Gasteiger partial charge in [-0.05, 0) is 32.0 Å². The summed E-state index contributed by atoms with van der Waals surface area (Å²) in [7, 11) is 0. The van der Waals surface area contributed by atoms with Gasteiger partial charge in [0.15, 0.2) is 0 Å². The summed E-state index contributed by atoms with van der Waals surface area (Å²) in [6.07, 6.45) is 0.232. The number of aromatic nitrogens is 2. The first-order valence-electron chi connectivity index (χ1n) is 6.71. The van der Waals surface area contributed by atoms with Crippen molar-refractivity contribution in [2.45, 2.75) is 20.3 Å². The molecule has 0 unspecified atom stereocenters. The zero-order valence-corrected chi connectivity index (χ0v) is 11.9. The predicted octanol–water partition coefficient (Wildman–Crippen LogP) is 3.02. The van der Waals surface area contributed by atoms with Gasteiger partial charge in [0.1, 0.15) is 11.6 Å². The third kappa shape index (κ3) is 2.76. The lowest BCUT2D eigenvalue weighted by Crippen LogP contribution is -2.16. The summed E-state index contributed by atoms with van der Waals surface area (Å²) in [5.74, 6) is 1.09. The van der Waals surface area contributed by atoms with Gasteiger partial charge in [-0.25, -0.2) is 4.98 Å². The zero-order chi connectivity index (χ0) is 14.8. The lowest BCUT2D eigenvalue weighted by Gasteiger charge is -2.05. The molecule has 0 aliphatic carbocycles. The summed E-state index contributed by atoms with van der Waals surface area (Å²) in [5, 5.41) is 7.70. The molecule has 2 aromatic heterocycles. The monoisotopic (exact) mass is 281 g/mol. The van der Waals surface area contributed by atoms with E-state index in [4.69, 9.17) is 4.52 Å². The van der Waals surface area contributed by atoms with Gasteiger partial charge in [-0.3, -0.25) is 4.79 Å². The molecule has 3 rings (SSSR count). The first-order chi connectivity index (χ1) is 10.1. The third-order valence-corrected chi connectivity index (χ3v) is 3.38. The maximum absolute atomic E-state index is 12.1. The fourth-order valence-corrected chi connectivity index (χ4v) is 2.24. The van der Waals surface area contributed by atoms with Crippen LogP contribution in [0.5, 0.6) is 0 Å². The molecule has 0 atom stereocenters. The van der Waals surface area contributed by atoms with E-state index in [1.165, 1.54) is 0 Å². The van der Waals surface area contributed by atoms with Crippen molar-refractivity contribution >= 4 is 22.6 Å². The second-order valence-electron chi connectivity index (χ2n) is 4.92. The molecule has 0 aliphatic heterocycles. The van der Waals surface area contributed by atoms with Crippen LogP contribution in [0.1, 0.15) is 17.0 Å². The van der Waals surface area contributed by atoms with E-state index < -0.39 is 0 Å². The second kappa shape index (κ2) is 5.36. The summed E-state index contributed by atoms with van der Waals surface area (Å²) in [4.78, 5) is 16.5. The van der Waals surface area contributed by atoms with Gasteiger partial charge in [0.2, 0.25) is 5.91 Å². The number of carbonyl (C=O) groups excluding carboxylic acids is 1. The molecule has 0 saturated heterocycles. The Labute approximate surface area is 122 Å². The van der Waals surface area contributed by atoms with E-state index in [0.717, 1.165) is 22.2 Å². The maximum Gasteiger partial charge on any atom is 0.230 e. The Morgan fingerprint density at radius 3 is 2.76 bits per heavy atom. The summed E-state index contributed by atoms with van der Waals surface area (Å²) >= 11 is 0. The molecule has 1 N–H and O–H groups in total. The molecule has 1 amide bonds. The number of hydrogen-bond donors (Lipinski definition) is 1. The number of para-hydroxylation sites is 1. The fourth-order valence-electron chi connectivity index (χ4n) is 2.24. The Morgan fingerprint density at radius 2 is 2.00 bits per heavy atom. The lowest BCUT2D eigenvalue weighted by molar-refractivity contribution is -0.115. The molecule has 0 bridgehead atoms. The van der Waals surface area contributed by atoms with Gasteiger partial charge in [0.05, 0.1) is 17.6 Å². The Kier molecular flexibility index (Phi) is 3.39. The van der Waals surface area contributed by atoms with Gasteiger partial charge in [0, 0.05) is 10.9 Å². The van der Waals surface area contributed by atoms with Crippen molar-refractivity contribution in [3.63, 3.8) is 0 Å². The highest BCUT2D eigenvalue weighted by Gasteiger charge is 2.13. The standard InChI is InChI=1S/C16H15N3O2/c1-10-13(11(2)21-19-10)9-16(20)18-15-8-7-12-5-3-4-6-14(12)17-15/h3-8H,9H2,1-2H3,(H,17,18,20). The molecule has 1 aromatic carbocycles. The molecule has 0 fully saturated rings. The molecule has 0 radical (unpaired) electrons. The average Bonchev–Trinajstić information content (AvgIpc) is 2.79. The van der Waals surface area contributed by atoms with Crippen LogP contribution in [0.3, 0.4) is 0 Å². The first kappa shape index (κ1) is 13.3. The number of amides is 1. The molecule has 0 spiro atoms. The first-order valence-corrected chi connectivity index (χ1v) is 6.71. The SMILES string of the molecule is Cc1noc(C)c1CC(=O)Nc1ccc2ccccc2n1. The van der Waals surface area contributed by atoms with Crippen molar-refractivity contribution in [1.29, 1.82) is 0 Å². The number of anilines is 1. The second-order valence-corrected chi connectivity index (χ2v) is 4.92. The summed E-state index contributed by atoms with van der Waals surface area (Å²) in [5.41, 5.74) is 2.43. The number of carbonyl (C=O) groups is 1. The number of nitrogens with zero attached hydrogens (tertiary/aromatic N) is 2. The van der Waals surface area contributed by atoms with Crippen molar-refractivity contribution < 1.29 is 9.32 Å². The molecule has 0 saturated carbocycles. The minimum absolute atomic E-state index is 0.132. The Morgan fingerprint density at radius 1 is 1.19 bits per heavy atom. The third-order valence-electron chi connectivity index (χ3n) is 3.38. The van der Waals surface area contributed by atoms with Crippen LogP contribution >= 0.6 is 0 Å². The molecular formula is C16H15N3O2. The number of benzene rings is 1. The Bertz CT molecular complexity index is 789. The van der Waals surface area contributed by atoms with Crippen LogP contribution < -0.4 is 5.32 Å². The molecule has 5 nitrogen and oxygen atoms in total. The highest BCUT2D eigenvalue weighted by molar-refractivity contribution is 5.93. The molecule has 21 heavy (non-hydrogen) atoms. The van der Waals surface area contributed by atoms with Crippen LogP contribution in [-0.2, 0) is 11.2 Å². The summed E-state index contributed by atoms with van der Waals surface area (Å²) in [6.45, 7) is 3.63. The highest BCUT2D eigenvalue weighted by atomic mass is 16.5. The van der Waals surface area contributed by atoms with Crippen LogP contribution in [0.2, 0.25) is 0 Å². The zero-order valence-electron chi connectivity index (χ0n) is 11.9. The molecule has 2 heterocycles. The van der Waals surface area contributed by atoms with Crippen LogP contribution in [0.25, 0.3) is 10.9 Å². The van der Waals surface area contributed by atoms with Crippen LogP contribution in [-0.4, -0.2) is 16.0 Å². The van der Waals surface area contributed by atoms with Crippen molar-refractivity contribution in [1.82, 2.24) is 10.1 Å². The van der Waals surface area contributed by atoms with Gasteiger partial charge in [0.25, 0.3) is 0 Å². The minimum atomic E-state index is -0.132. The van der Waals surface area contributed by atoms with E-state index in [0.29, 0.717) is 11.6 Å². The molecule has 106 valence electrons. The molecule has 0 aliphatic rings. The van der Waals surface area contributed by atoms with Gasteiger partial charge in [-0.15, -0.1) is 0 Å². The number of hydrogen-bond acceptors (Lipinski definition) is 4. The lowest BCUT2D eigenvalue weighted by atomic mass is 10.1. The minimum Gasteiger partial charge on any atom is -0.361 e. The largest absolute Gasteiger partial charge is 0.361 e. The topological polar surface area (TPSA) is 68.0 Å². The quantitative estimate of drug-likeness (QED) is 0.801. The van der Waals surface area contributed by atoms with Gasteiger partial charge in [-0.2, -0.15) is 0 Å². The van der Waals surface area contributed by atoms with Gasteiger partial charge < -0.3 is 9.84 Å². The van der Waals surface area contributed by atoms with Crippen LogP contribution in [0, 0.1) is 13.8 Å². The Hall–Kier alpha value is -2.69. The van der Waals surface area contributed by atoms with E-state index in [2.05, 4.69) is 15.5 Å². The number of rotatable bonds is 3. The van der Waals surface area contributed by atoms with E-state index >= 15 is 0 Å².